The molecule has 1 rings (SSSR count). The zero-order valence-electron chi connectivity index (χ0n) is 12.5. The topological polar surface area (TPSA) is 32.8 Å². The van der Waals surface area contributed by atoms with Crippen LogP contribution >= 0.6 is 0 Å². The van der Waals surface area contributed by atoms with Gasteiger partial charge in [0.05, 0.1) is 0 Å². The number of carbonyl (C=O) groups excluding carboxylic acids is 1. The van der Waals surface area contributed by atoms with Crippen LogP contribution in [-0.4, -0.2) is 63.2 Å². The molecule has 1 saturated carbocycles. The predicted molar refractivity (Wildman–Crippen MR) is 73.5 cm³/mol. The molecule has 1 aliphatic rings. The normalized spacial score (nSPS) is 28.7. The van der Waals surface area contributed by atoms with Gasteiger partial charge in [0.1, 0.15) is 6.10 Å². The van der Waals surface area contributed by atoms with E-state index in [2.05, 4.69) is 38.0 Å². The third-order valence-electron chi connectivity index (χ3n) is 3.58. The van der Waals surface area contributed by atoms with Crippen molar-refractivity contribution in [3.05, 3.63) is 0 Å². The molecule has 4 heteroatoms. The van der Waals surface area contributed by atoms with Gasteiger partial charge >= 0.3 is 5.97 Å². The Morgan fingerprint density at radius 1 is 1.06 bits per heavy atom. The van der Waals surface area contributed by atoms with Crippen molar-refractivity contribution in [3.8, 4) is 0 Å². The Bertz CT molecular complexity index is 249. The zero-order chi connectivity index (χ0) is 13.7. The summed E-state index contributed by atoms with van der Waals surface area (Å²) in [5.41, 5.74) is 0. The Hall–Kier alpha value is -0.610. The van der Waals surface area contributed by atoms with Crippen LogP contribution in [0.15, 0.2) is 0 Å². The summed E-state index contributed by atoms with van der Waals surface area (Å²) in [6, 6.07) is 0. The van der Waals surface area contributed by atoms with Crippen LogP contribution in [0.1, 0.15) is 26.2 Å². The number of ether oxygens (including phenoxy) is 1. The first-order chi connectivity index (χ1) is 8.40. The summed E-state index contributed by atoms with van der Waals surface area (Å²) in [4.78, 5) is 15.7. The van der Waals surface area contributed by atoms with E-state index in [9.17, 15) is 4.79 Å². The molecule has 0 aromatic carbocycles. The molecule has 1 aliphatic carbocycles. The van der Waals surface area contributed by atoms with Crippen LogP contribution in [0.25, 0.3) is 0 Å². The smallest absolute Gasteiger partial charge is 0.302 e. The summed E-state index contributed by atoms with van der Waals surface area (Å²) in [5.74, 6) is 0.805. The van der Waals surface area contributed by atoms with E-state index in [-0.39, 0.29) is 12.1 Å². The highest BCUT2D eigenvalue weighted by molar-refractivity contribution is 5.66. The lowest BCUT2D eigenvalue weighted by Gasteiger charge is -2.39. The van der Waals surface area contributed by atoms with E-state index >= 15 is 0 Å². The van der Waals surface area contributed by atoms with E-state index in [1.165, 1.54) is 26.2 Å². The van der Waals surface area contributed by atoms with E-state index in [0.717, 1.165) is 13.1 Å². The number of rotatable bonds is 5. The second-order valence-corrected chi connectivity index (χ2v) is 6.05. The van der Waals surface area contributed by atoms with Gasteiger partial charge in [-0.15, -0.1) is 0 Å². The van der Waals surface area contributed by atoms with E-state index in [0.29, 0.717) is 11.8 Å². The molecule has 106 valence electrons. The van der Waals surface area contributed by atoms with Crippen LogP contribution in [0.4, 0.5) is 0 Å². The van der Waals surface area contributed by atoms with Crippen LogP contribution in [-0.2, 0) is 9.53 Å². The van der Waals surface area contributed by atoms with E-state index in [4.69, 9.17) is 4.74 Å². The fourth-order valence-electron chi connectivity index (χ4n) is 3.07. The predicted octanol–water partition coefficient (Wildman–Crippen LogP) is 1.46. The van der Waals surface area contributed by atoms with Crippen molar-refractivity contribution < 1.29 is 9.53 Å². The van der Waals surface area contributed by atoms with Gasteiger partial charge < -0.3 is 14.5 Å². The molecule has 0 heterocycles. The van der Waals surface area contributed by atoms with Gasteiger partial charge in [-0.2, -0.15) is 0 Å². The Morgan fingerprint density at radius 2 is 1.50 bits per heavy atom. The minimum atomic E-state index is -0.144. The lowest BCUT2D eigenvalue weighted by Crippen LogP contribution is -2.45. The fraction of sp³-hybridized carbons (Fsp3) is 0.929. The Labute approximate surface area is 111 Å². The van der Waals surface area contributed by atoms with Crippen molar-refractivity contribution in [1.29, 1.82) is 0 Å². The molecule has 0 amide bonds. The van der Waals surface area contributed by atoms with Gasteiger partial charge in [0.2, 0.25) is 0 Å². The highest BCUT2D eigenvalue weighted by Gasteiger charge is 2.35. The monoisotopic (exact) mass is 256 g/mol. The average Bonchev–Trinajstić information content (AvgIpc) is 2.20. The first-order valence-corrected chi connectivity index (χ1v) is 6.86. The third-order valence-corrected chi connectivity index (χ3v) is 3.58. The first-order valence-electron chi connectivity index (χ1n) is 6.86. The zero-order valence-corrected chi connectivity index (χ0v) is 12.5. The summed E-state index contributed by atoms with van der Waals surface area (Å²) in [6.45, 7) is 3.53. The van der Waals surface area contributed by atoms with E-state index in [1.807, 2.05) is 0 Å². The Kier molecular flexibility index (Phi) is 6.09. The van der Waals surface area contributed by atoms with E-state index < -0.39 is 0 Å². The number of hydrogen-bond acceptors (Lipinski definition) is 4. The Morgan fingerprint density at radius 3 is 1.83 bits per heavy atom. The molecule has 3 atom stereocenters. The maximum atomic E-state index is 11.3. The maximum absolute atomic E-state index is 11.3. The maximum Gasteiger partial charge on any atom is 0.302 e. The fourth-order valence-corrected chi connectivity index (χ4v) is 3.07. The molecule has 0 spiro atoms. The summed E-state index contributed by atoms with van der Waals surface area (Å²) in [7, 11) is 8.33. The summed E-state index contributed by atoms with van der Waals surface area (Å²) in [6.07, 6.45) is 3.66. The van der Waals surface area contributed by atoms with Crippen molar-refractivity contribution in [2.45, 2.75) is 32.3 Å². The summed E-state index contributed by atoms with van der Waals surface area (Å²) in [5, 5.41) is 0. The third kappa shape index (κ3) is 4.94. The first kappa shape index (κ1) is 15.4. The van der Waals surface area contributed by atoms with Crippen molar-refractivity contribution >= 4 is 5.97 Å². The lowest BCUT2D eigenvalue weighted by atomic mass is 9.78. The van der Waals surface area contributed by atoms with Gasteiger partial charge in [-0.25, -0.2) is 0 Å². The minimum absolute atomic E-state index is 0.0843. The summed E-state index contributed by atoms with van der Waals surface area (Å²) < 4.78 is 5.63. The molecule has 0 radical (unpaired) electrons. The molecule has 1 unspecified atom stereocenters. The molecule has 4 nitrogen and oxygen atoms in total. The van der Waals surface area contributed by atoms with Gasteiger partial charge in [-0.1, -0.05) is 6.42 Å². The summed E-state index contributed by atoms with van der Waals surface area (Å²) >= 11 is 0. The van der Waals surface area contributed by atoms with Crippen molar-refractivity contribution in [2.75, 3.05) is 41.3 Å². The van der Waals surface area contributed by atoms with Gasteiger partial charge in [0, 0.05) is 31.8 Å². The van der Waals surface area contributed by atoms with Gasteiger partial charge in [-0.3, -0.25) is 4.79 Å². The van der Waals surface area contributed by atoms with Crippen molar-refractivity contribution in [3.63, 3.8) is 0 Å². The molecule has 0 aliphatic heterocycles. The molecule has 0 saturated heterocycles. The highest BCUT2D eigenvalue weighted by atomic mass is 16.5. The van der Waals surface area contributed by atoms with Crippen LogP contribution in [0, 0.1) is 11.8 Å². The molecule has 1 fully saturated rings. The standard InChI is InChI=1S/C14H28N2O2/c1-11(17)18-14-12(9-15(2)3)7-6-8-13(14)10-16(4)5/h12-14H,6-10H2,1-5H3/t12-,13+,14?. The van der Waals surface area contributed by atoms with Gasteiger partial charge in [0.15, 0.2) is 0 Å². The van der Waals surface area contributed by atoms with Crippen molar-refractivity contribution in [1.82, 2.24) is 9.80 Å². The van der Waals surface area contributed by atoms with Crippen LogP contribution in [0.5, 0.6) is 0 Å². The second-order valence-electron chi connectivity index (χ2n) is 6.05. The highest BCUT2D eigenvalue weighted by Crippen LogP contribution is 2.32. The molecule has 0 aromatic heterocycles. The van der Waals surface area contributed by atoms with Crippen LogP contribution in [0.2, 0.25) is 0 Å². The second kappa shape index (κ2) is 7.10. The number of carbonyl (C=O) groups is 1. The SMILES string of the molecule is CC(=O)OC1[C@@H](CN(C)C)CCC[C@H]1CN(C)C. The molecule has 18 heavy (non-hydrogen) atoms. The number of esters is 1. The van der Waals surface area contributed by atoms with Crippen LogP contribution in [0.3, 0.4) is 0 Å². The molecular weight excluding hydrogens is 228 g/mol. The van der Waals surface area contributed by atoms with Gasteiger partial charge in [-0.05, 0) is 41.0 Å². The largest absolute Gasteiger partial charge is 0.462 e. The average molecular weight is 256 g/mol. The number of nitrogens with zero attached hydrogens (tertiary/aromatic N) is 2. The van der Waals surface area contributed by atoms with Crippen molar-refractivity contribution in [2.24, 2.45) is 11.8 Å². The molecule has 0 bridgehead atoms. The van der Waals surface area contributed by atoms with E-state index in [1.54, 1.807) is 0 Å². The quantitative estimate of drug-likeness (QED) is 0.697. The van der Waals surface area contributed by atoms with Gasteiger partial charge in [0.25, 0.3) is 0 Å². The molecular formula is C14H28N2O2. The number of hydrogen-bond donors (Lipinski definition) is 0. The Balaban J connectivity index is 2.72. The minimum Gasteiger partial charge on any atom is -0.462 e. The lowest BCUT2D eigenvalue weighted by molar-refractivity contribution is -0.156. The molecule has 0 aromatic rings. The van der Waals surface area contributed by atoms with Crippen LogP contribution < -0.4 is 0 Å². The molecule has 0 N–H and O–H groups in total.